The molecule has 8 heteroatoms. The van der Waals surface area contributed by atoms with Crippen LogP contribution in [0.1, 0.15) is 37.2 Å². The number of nitrogens with one attached hydrogen (secondary N) is 2. The summed E-state index contributed by atoms with van der Waals surface area (Å²) in [6.07, 6.45) is 8.96. The molecule has 2 saturated heterocycles. The molecule has 0 spiro atoms. The van der Waals surface area contributed by atoms with E-state index in [1.807, 2.05) is 24.1 Å². The fourth-order valence-corrected chi connectivity index (χ4v) is 4.17. The first-order valence-electron chi connectivity index (χ1n) is 9.41. The van der Waals surface area contributed by atoms with Crippen LogP contribution in [0.5, 0.6) is 0 Å². The van der Waals surface area contributed by atoms with Gasteiger partial charge in [0.25, 0.3) is 0 Å². The van der Waals surface area contributed by atoms with E-state index < -0.39 is 0 Å². The number of hydrogen-bond acceptors (Lipinski definition) is 4. The Morgan fingerprint density at radius 1 is 1.23 bits per heavy atom. The molecule has 1 saturated carbocycles. The second-order valence-electron chi connectivity index (χ2n) is 7.85. The van der Waals surface area contributed by atoms with E-state index in [9.17, 15) is 4.79 Å². The molecule has 0 aromatic carbocycles. The first kappa shape index (κ1) is 21.5. The Kier molecular flexibility index (Phi) is 7.76. The lowest BCUT2D eigenvalue weighted by Crippen LogP contribution is -2.47. The Bertz CT molecular complexity index is 584. The summed E-state index contributed by atoms with van der Waals surface area (Å²) >= 11 is 0. The highest BCUT2D eigenvalue weighted by molar-refractivity contribution is 5.85. The van der Waals surface area contributed by atoms with E-state index in [1.54, 1.807) is 0 Å². The van der Waals surface area contributed by atoms with E-state index in [0.29, 0.717) is 6.04 Å². The second kappa shape index (κ2) is 9.40. The quantitative estimate of drug-likeness (QED) is 0.782. The molecular formula is C18H31Cl2N5O. The third kappa shape index (κ3) is 5.12. The number of amides is 1. The predicted molar refractivity (Wildman–Crippen MR) is 107 cm³/mol. The summed E-state index contributed by atoms with van der Waals surface area (Å²) in [7, 11) is 1.93. The van der Waals surface area contributed by atoms with Gasteiger partial charge in [-0.25, -0.2) is 0 Å². The van der Waals surface area contributed by atoms with E-state index in [0.717, 1.165) is 44.9 Å². The van der Waals surface area contributed by atoms with Gasteiger partial charge in [-0.05, 0) is 37.2 Å². The average Bonchev–Trinajstić information content (AvgIpc) is 3.08. The molecule has 0 unspecified atom stereocenters. The highest BCUT2D eigenvalue weighted by atomic mass is 35.5. The molecule has 0 bridgehead atoms. The number of aryl methyl sites for hydroxylation is 1. The van der Waals surface area contributed by atoms with E-state index in [2.05, 4.69) is 20.6 Å². The van der Waals surface area contributed by atoms with Gasteiger partial charge in [0.2, 0.25) is 5.91 Å². The van der Waals surface area contributed by atoms with Gasteiger partial charge in [-0.3, -0.25) is 9.48 Å². The van der Waals surface area contributed by atoms with E-state index in [-0.39, 0.29) is 42.6 Å². The lowest BCUT2D eigenvalue weighted by Gasteiger charge is -2.33. The monoisotopic (exact) mass is 403 g/mol. The molecule has 0 radical (unpaired) electrons. The standard InChI is InChI=1S/C18H29N5O.2ClH/c1-22-12-14(8-20-22)16-9-19-10-17(16)18(24)21-15-4-6-23(7-5-15)11-13-2-3-13;;/h8,12-13,15-17,19H,2-7,9-11H2,1H3,(H,21,24);2*1H/t16-,17+;;/m1../s1. The van der Waals surface area contributed by atoms with Crippen LogP contribution >= 0.6 is 24.8 Å². The van der Waals surface area contributed by atoms with Crippen molar-refractivity contribution in [3.05, 3.63) is 18.0 Å². The summed E-state index contributed by atoms with van der Waals surface area (Å²) in [6, 6.07) is 0.350. The van der Waals surface area contributed by atoms with Crippen molar-refractivity contribution in [3.8, 4) is 0 Å². The third-order valence-corrected chi connectivity index (χ3v) is 5.85. The highest BCUT2D eigenvalue weighted by Gasteiger charge is 2.36. The SMILES string of the molecule is Cl.Cl.Cn1cc([C@H]2CNC[C@@H]2C(=O)NC2CCN(CC3CC3)CC2)cn1. The topological polar surface area (TPSA) is 62.2 Å². The van der Waals surface area contributed by atoms with Gasteiger partial charge in [0.15, 0.2) is 0 Å². The first-order chi connectivity index (χ1) is 11.7. The van der Waals surface area contributed by atoms with Crippen molar-refractivity contribution in [2.45, 2.75) is 37.6 Å². The maximum absolute atomic E-state index is 12.8. The molecular weight excluding hydrogens is 373 g/mol. The molecule has 6 nitrogen and oxygen atoms in total. The zero-order valence-corrected chi connectivity index (χ0v) is 17.0. The number of likely N-dealkylation sites (tertiary alicyclic amines) is 1. The molecule has 2 atom stereocenters. The number of carbonyl (C=O) groups is 1. The lowest BCUT2D eigenvalue weighted by atomic mass is 9.89. The zero-order valence-electron chi connectivity index (χ0n) is 15.4. The van der Waals surface area contributed by atoms with Crippen LogP contribution in [0.2, 0.25) is 0 Å². The molecule has 1 aromatic rings. The average molecular weight is 404 g/mol. The largest absolute Gasteiger partial charge is 0.353 e. The van der Waals surface area contributed by atoms with Crippen molar-refractivity contribution >= 4 is 30.7 Å². The fraction of sp³-hybridized carbons (Fsp3) is 0.778. The van der Waals surface area contributed by atoms with Gasteiger partial charge in [-0.15, -0.1) is 24.8 Å². The summed E-state index contributed by atoms with van der Waals surface area (Å²) in [5.74, 6) is 1.45. The minimum Gasteiger partial charge on any atom is -0.353 e. The van der Waals surface area contributed by atoms with Gasteiger partial charge in [-0.1, -0.05) is 0 Å². The predicted octanol–water partition coefficient (Wildman–Crippen LogP) is 1.56. The maximum Gasteiger partial charge on any atom is 0.225 e. The Balaban J connectivity index is 0.00000121. The maximum atomic E-state index is 12.8. The lowest BCUT2D eigenvalue weighted by molar-refractivity contribution is -0.125. The third-order valence-electron chi connectivity index (χ3n) is 5.85. The highest BCUT2D eigenvalue weighted by Crippen LogP contribution is 2.31. The number of halogens is 2. The number of carbonyl (C=O) groups excluding carboxylic acids is 1. The van der Waals surface area contributed by atoms with Crippen molar-refractivity contribution in [1.29, 1.82) is 0 Å². The van der Waals surface area contributed by atoms with Crippen LogP contribution in [0.25, 0.3) is 0 Å². The van der Waals surface area contributed by atoms with Crippen molar-refractivity contribution in [2.24, 2.45) is 18.9 Å². The van der Waals surface area contributed by atoms with Gasteiger partial charge in [0.1, 0.15) is 0 Å². The minimum absolute atomic E-state index is 0. The fourth-order valence-electron chi connectivity index (χ4n) is 4.17. The van der Waals surface area contributed by atoms with Crippen LogP contribution in [0.3, 0.4) is 0 Å². The summed E-state index contributed by atoms with van der Waals surface area (Å²) in [5, 5.41) is 11.0. The molecule has 4 rings (SSSR count). The Morgan fingerprint density at radius 2 is 1.96 bits per heavy atom. The Labute approximate surface area is 168 Å². The molecule has 1 aromatic heterocycles. The Hall–Kier alpha value is -0.820. The summed E-state index contributed by atoms with van der Waals surface area (Å²) in [4.78, 5) is 15.4. The van der Waals surface area contributed by atoms with Crippen LogP contribution < -0.4 is 10.6 Å². The molecule has 3 heterocycles. The zero-order chi connectivity index (χ0) is 16.5. The number of piperidine rings is 1. The normalized spacial score (nSPS) is 26.8. The molecule has 26 heavy (non-hydrogen) atoms. The van der Waals surface area contributed by atoms with Crippen molar-refractivity contribution in [1.82, 2.24) is 25.3 Å². The number of rotatable bonds is 5. The van der Waals surface area contributed by atoms with E-state index in [1.165, 1.54) is 24.9 Å². The van der Waals surface area contributed by atoms with Crippen molar-refractivity contribution in [3.63, 3.8) is 0 Å². The number of aromatic nitrogens is 2. The van der Waals surface area contributed by atoms with E-state index in [4.69, 9.17) is 0 Å². The summed E-state index contributed by atoms with van der Waals surface area (Å²) < 4.78 is 1.82. The smallest absolute Gasteiger partial charge is 0.225 e. The molecule has 1 aliphatic carbocycles. The Morgan fingerprint density at radius 3 is 2.58 bits per heavy atom. The van der Waals surface area contributed by atoms with Crippen LogP contribution in [0.15, 0.2) is 12.4 Å². The van der Waals surface area contributed by atoms with Crippen LogP contribution in [-0.4, -0.2) is 59.4 Å². The first-order valence-corrected chi connectivity index (χ1v) is 9.41. The van der Waals surface area contributed by atoms with Gasteiger partial charge in [0, 0.05) is 57.9 Å². The molecule has 3 aliphatic rings. The van der Waals surface area contributed by atoms with Gasteiger partial charge in [0.05, 0.1) is 12.1 Å². The summed E-state index contributed by atoms with van der Waals surface area (Å²) in [6.45, 7) is 5.18. The van der Waals surface area contributed by atoms with Crippen molar-refractivity contribution in [2.75, 3.05) is 32.7 Å². The van der Waals surface area contributed by atoms with Gasteiger partial charge in [-0.2, -0.15) is 5.10 Å². The van der Waals surface area contributed by atoms with Crippen molar-refractivity contribution < 1.29 is 4.79 Å². The van der Waals surface area contributed by atoms with Gasteiger partial charge < -0.3 is 15.5 Å². The second-order valence-corrected chi connectivity index (χ2v) is 7.85. The molecule has 3 fully saturated rings. The molecule has 148 valence electrons. The minimum atomic E-state index is 0. The van der Waals surface area contributed by atoms with Crippen LogP contribution in [0, 0.1) is 11.8 Å². The van der Waals surface area contributed by atoms with Crippen LogP contribution in [0.4, 0.5) is 0 Å². The molecule has 1 amide bonds. The molecule has 2 aliphatic heterocycles. The van der Waals surface area contributed by atoms with Gasteiger partial charge >= 0.3 is 0 Å². The number of hydrogen-bond donors (Lipinski definition) is 2. The van der Waals surface area contributed by atoms with E-state index >= 15 is 0 Å². The van der Waals surface area contributed by atoms with Crippen LogP contribution in [-0.2, 0) is 11.8 Å². The summed E-state index contributed by atoms with van der Waals surface area (Å²) in [5.41, 5.74) is 1.17. The molecule has 2 N–H and O–H groups in total. The number of nitrogens with zero attached hydrogens (tertiary/aromatic N) is 3.